The van der Waals surface area contributed by atoms with Crippen LogP contribution in [0.4, 0.5) is 0 Å². The van der Waals surface area contributed by atoms with Crippen LogP contribution in [0.5, 0.6) is 0 Å². The van der Waals surface area contributed by atoms with Gasteiger partial charge in [-0.15, -0.1) is 0 Å². The van der Waals surface area contributed by atoms with E-state index >= 15 is 0 Å². The van der Waals surface area contributed by atoms with E-state index < -0.39 is 0 Å². The van der Waals surface area contributed by atoms with Gasteiger partial charge in [-0.25, -0.2) is 0 Å². The third-order valence-electron chi connectivity index (χ3n) is 3.55. The number of carbonyl (C=O) groups excluding carboxylic acids is 1. The van der Waals surface area contributed by atoms with Gasteiger partial charge in [-0.3, -0.25) is 4.79 Å². The van der Waals surface area contributed by atoms with Gasteiger partial charge in [-0.05, 0) is 36.8 Å². The van der Waals surface area contributed by atoms with Crippen molar-refractivity contribution >= 4 is 5.91 Å². The number of carbonyl (C=O) groups is 1. The smallest absolute Gasteiger partial charge is 0.248 e. The van der Waals surface area contributed by atoms with Crippen LogP contribution in [0.2, 0.25) is 0 Å². The van der Waals surface area contributed by atoms with Crippen molar-refractivity contribution in [1.29, 1.82) is 0 Å². The molecule has 1 atom stereocenters. The monoisotopic (exact) mass is 271 g/mol. The molecule has 0 saturated heterocycles. The maximum Gasteiger partial charge on any atom is 0.248 e. The Balaban J connectivity index is 3.05. The topological polar surface area (TPSA) is 43.1 Å². The lowest BCUT2D eigenvalue weighted by molar-refractivity contribution is -0.114. The minimum absolute atomic E-state index is 0.347. The van der Waals surface area contributed by atoms with E-state index in [1.165, 1.54) is 11.1 Å². The van der Waals surface area contributed by atoms with E-state index in [1.807, 2.05) is 37.3 Å². The first kappa shape index (κ1) is 16.2. The maximum atomic E-state index is 11.5. The third-order valence-corrected chi connectivity index (χ3v) is 3.55. The summed E-state index contributed by atoms with van der Waals surface area (Å²) in [5.41, 5.74) is 8.60. The van der Waals surface area contributed by atoms with Crippen LogP contribution < -0.4 is 5.73 Å². The van der Waals surface area contributed by atoms with E-state index in [-0.39, 0.29) is 5.91 Å². The molecule has 0 radical (unpaired) electrons. The molecule has 2 nitrogen and oxygen atoms in total. The summed E-state index contributed by atoms with van der Waals surface area (Å²) in [4.78, 5) is 11.5. The molecule has 0 heterocycles. The van der Waals surface area contributed by atoms with Gasteiger partial charge in [-0.2, -0.15) is 0 Å². The summed E-state index contributed by atoms with van der Waals surface area (Å²) < 4.78 is 0. The number of benzene rings is 1. The van der Waals surface area contributed by atoms with Crippen molar-refractivity contribution in [2.75, 3.05) is 0 Å². The molecule has 20 heavy (non-hydrogen) atoms. The van der Waals surface area contributed by atoms with Gasteiger partial charge in [0.25, 0.3) is 0 Å². The van der Waals surface area contributed by atoms with Crippen LogP contribution in [0.25, 0.3) is 0 Å². The van der Waals surface area contributed by atoms with Gasteiger partial charge in [0.05, 0.1) is 0 Å². The zero-order valence-electron chi connectivity index (χ0n) is 12.7. The number of amides is 1. The summed E-state index contributed by atoms with van der Waals surface area (Å²) >= 11 is 0. The van der Waals surface area contributed by atoms with Gasteiger partial charge >= 0.3 is 0 Å². The van der Waals surface area contributed by atoms with Crippen LogP contribution in [0.1, 0.15) is 39.2 Å². The summed E-state index contributed by atoms with van der Waals surface area (Å²) in [6.45, 7) is 6.37. The summed E-state index contributed by atoms with van der Waals surface area (Å²) in [7, 11) is 0. The quantitative estimate of drug-likeness (QED) is 0.590. The molecular formula is C18H25NO. The summed E-state index contributed by atoms with van der Waals surface area (Å²) in [6, 6.07) is 10.3. The molecule has 2 N–H and O–H groups in total. The minimum atomic E-state index is -0.347. The van der Waals surface area contributed by atoms with Gasteiger partial charge in [0.1, 0.15) is 0 Å². The van der Waals surface area contributed by atoms with Crippen LogP contribution in [-0.2, 0) is 11.2 Å². The van der Waals surface area contributed by atoms with E-state index in [0.717, 1.165) is 19.3 Å². The molecule has 0 aromatic heterocycles. The average molecular weight is 271 g/mol. The van der Waals surface area contributed by atoms with E-state index in [2.05, 4.69) is 26.0 Å². The number of primary amides is 1. The summed E-state index contributed by atoms with van der Waals surface area (Å²) in [5, 5.41) is 0. The van der Waals surface area contributed by atoms with Gasteiger partial charge in [0.15, 0.2) is 0 Å². The van der Waals surface area contributed by atoms with Crippen LogP contribution in [-0.4, -0.2) is 5.91 Å². The van der Waals surface area contributed by atoms with Crippen molar-refractivity contribution in [1.82, 2.24) is 0 Å². The normalized spacial score (nSPS) is 14.2. The first-order valence-corrected chi connectivity index (χ1v) is 7.32. The SMILES string of the molecule is CC/C=C(/C=C(/Cc1ccccc1)C(C)CC)C(N)=O. The Morgan fingerprint density at radius 3 is 2.40 bits per heavy atom. The van der Waals surface area contributed by atoms with Gasteiger partial charge < -0.3 is 5.73 Å². The summed E-state index contributed by atoms with van der Waals surface area (Å²) in [5.74, 6) is 0.0931. The first-order valence-electron chi connectivity index (χ1n) is 7.32. The third kappa shape index (κ3) is 5.04. The molecule has 2 heteroatoms. The fourth-order valence-corrected chi connectivity index (χ4v) is 2.11. The molecule has 0 spiro atoms. The molecule has 0 saturated carbocycles. The second kappa shape index (κ2) is 8.36. The Morgan fingerprint density at radius 2 is 1.90 bits per heavy atom. The second-order valence-electron chi connectivity index (χ2n) is 5.12. The minimum Gasteiger partial charge on any atom is -0.366 e. The highest BCUT2D eigenvalue weighted by Crippen LogP contribution is 2.21. The largest absolute Gasteiger partial charge is 0.366 e. The molecule has 108 valence electrons. The molecule has 0 aliphatic heterocycles. The molecule has 1 rings (SSSR count). The van der Waals surface area contributed by atoms with Crippen LogP contribution in [0, 0.1) is 5.92 Å². The molecular weight excluding hydrogens is 246 g/mol. The summed E-state index contributed by atoms with van der Waals surface area (Å²) in [6.07, 6.45) is 6.61. The molecule has 1 unspecified atom stereocenters. The van der Waals surface area contributed by atoms with E-state index in [9.17, 15) is 4.79 Å². The Hall–Kier alpha value is -1.83. The van der Waals surface area contributed by atoms with Crippen LogP contribution >= 0.6 is 0 Å². The number of nitrogens with two attached hydrogens (primary N) is 1. The highest BCUT2D eigenvalue weighted by atomic mass is 16.1. The maximum absolute atomic E-state index is 11.5. The number of hydrogen-bond acceptors (Lipinski definition) is 1. The lowest BCUT2D eigenvalue weighted by Gasteiger charge is -2.15. The van der Waals surface area contributed by atoms with E-state index in [0.29, 0.717) is 11.5 Å². The number of allylic oxidation sites excluding steroid dienone is 2. The zero-order chi connectivity index (χ0) is 15.0. The first-order chi connectivity index (χ1) is 9.58. The van der Waals surface area contributed by atoms with Crippen molar-refractivity contribution < 1.29 is 4.79 Å². The standard InChI is InChI=1S/C18H25NO/c1-4-9-16(18(19)20)13-17(14(3)5-2)12-15-10-7-6-8-11-15/h6-11,13-14H,4-5,12H2,1-3H3,(H2,19,20)/b16-9-,17-13-. The number of rotatable bonds is 7. The van der Waals surface area contributed by atoms with Crippen molar-refractivity contribution in [2.45, 2.75) is 40.0 Å². The van der Waals surface area contributed by atoms with Gasteiger partial charge in [0, 0.05) is 5.57 Å². The highest BCUT2D eigenvalue weighted by Gasteiger charge is 2.10. The van der Waals surface area contributed by atoms with E-state index in [1.54, 1.807) is 0 Å². The number of hydrogen-bond donors (Lipinski definition) is 1. The zero-order valence-corrected chi connectivity index (χ0v) is 12.7. The predicted molar refractivity (Wildman–Crippen MR) is 85.3 cm³/mol. The molecule has 1 amide bonds. The lowest BCUT2D eigenvalue weighted by atomic mass is 9.90. The molecule has 0 fully saturated rings. The highest BCUT2D eigenvalue weighted by molar-refractivity contribution is 5.94. The average Bonchev–Trinajstić information content (AvgIpc) is 2.46. The van der Waals surface area contributed by atoms with Gasteiger partial charge in [-0.1, -0.05) is 62.8 Å². The van der Waals surface area contributed by atoms with Crippen molar-refractivity contribution in [2.24, 2.45) is 11.7 Å². The lowest BCUT2D eigenvalue weighted by Crippen LogP contribution is -2.14. The molecule has 0 aliphatic rings. The molecule has 1 aromatic rings. The molecule has 1 aromatic carbocycles. The Morgan fingerprint density at radius 1 is 1.25 bits per heavy atom. The fourth-order valence-electron chi connectivity index (χ4n) is 2.11. The van der Waals surface area contributed by atoms with E-state index in [4.69, 9.17) is 5.73 Å². The predicted octanol–water partition coefficient (Wildman–Crippen LogP) is 4.02. The Bertz CT molecular complexity index is 485. The molecule has 0 bridgehead atoms. The van der Waals surface area contributed by atoms with Crippen molar-refractivity contribution in [3.05, 3.63) is 59.2 Å². The Kier molecular flexibility index (Phi) is 6.78. The fraction of sp³-hybridized carbons (Fsp3) is 0.389. The van der Waals surface area contributed by atoms with Crippen molar-refractivity contribution in [3.63, 3.8) is 0 Å². The van der Waals surface area contributed by atoms with Crippen LogP contribution in [0.15, 0.2) is 53.6 Å². The molecule has 0 aliphatic carbocycles. The van der Waals surface area contributed by atoms with Crippen molar-refractivity contribution in [3.8, 4) is 0 Å². The van der Waals surface area contributed by atoms with Crippen LogP contribution in [0.3, 0.4) is 0 Å². The Labute approximate surface area is 122 Å². The van der Waals surface area contributed by atoms with Gasteiger partial charge in [0.2, 0.25) is 5.91 Å². The second-order valence-corrected chi connectivity index (χ2v) is 5.12.